The second-order valence-electron chi connectivity index (χ2n) is 6.40. The molecule has 5 rings (SSSR count). The molecule has 2 aliphatic rings. The number of hydrogen-bond donors (Lipinski definition) is 1. The Balaban J connectivity index is 1.56. The monoisotopic (exact) mass is 307 g/mol. The van der Waals surface area contributed by atoms with Crippen LogP contribution in [-0.4, -0.2) is 27.8 Å². The van der Waals surface area contributed by atoms with Gasteiger partial charge in [0, 0.05) is 18.4 Å². The zero-order chi connectivity index (χ0) is 15.2. The second-order valence-corrected chi connectivity index (χ2v) is 6.40. The van der Waals surface area contributed by atoms with Gasteiger partial charge in [0.1, 0.15) is 18.2 Å². The summed E-state index contributed by atoms with van der Waals surface area (Å²) in [5.74, 6) is 0. The van der Waals surface area contributed by atoms with Crippen molar-refractivity contribution >= 4 is 11.0 Å². The van der Waals surface area contributed by atoms with Crippen LogP contribution in [0.25, 0.3) is 11.0 Å². The van der Waals surface area contributed by atoms with Gasteiger partial charge >= 0.3 is 0 Å². The number of nitrogens with one attached hydrogen (secondary N) is 1. The molecule has 2 aromatic carbocycles. The van der Waals surface area contributed by atoms with Crippen LogP contribution in [0.2, 0.25) is 0 Å². The van der Waals surface area contributed by atoms with Gasteiger partial charge in [-0.25, -0.2) is 0 Å². The van der Waals surface area contributed by atoms with E-state index in [2.05, 4.69) is 57.5 Å². The Hall–Kier alpha value is -2.24. The minimum Gasteiger partial charge on any atom is -0.323 e. The second kappa shape index (κ2) is 5.15. The van der Waals surface area contributed by atoms with E-state index in [9.17, 15) is 0 Å². The van der Waals surface area contributed by atoms with Crippen molar-refractivity contribution in [1.29, 1.82) is 0 Å². The minimum atomic E-state index is 0.271. The van der Waals surface area contributed by atoms with E-state index in [1.54, 1.807) is 0 Å². The van der Waals surface area contributed by atoms with Gasteiger partial charge in [0.05, 0.1) is 5.52 Å². The van der Waals surface area contributed by atoms with Crippen molar-refractivity contribution in [3.05, 3.63) is 60.2 Å². The molecular formula is C18H19N4O+. The fourth-order valence-corrected chi connectivity index (χ4v) is 4.16. The summed E-state index contributed by atoms with van der Waals surface area (Å²) in [5.41, 5.74) is 3.43. The molecule has 0 amide bonds. The topological polar surface area (TPSA) is 44.4 Å². The molecule has 1 unspecified atom stereocenters. The zero-order valence-electron chi connectivity index (χ0n) is 12.8. The molecule has 1 aromatic heterocycles. The van der Waals surface area contributed by atoms with Crippen molar-refractivity contribution in [1.82, 2.24) is 15.0 Å². The van der Waals surface area contributed by atoms with Crippen molar-refractivity contribution in [2.24, 2.45) is 0 Å². The highest BCUT2D eigenvalue weighted by Crippen LogP contribution is 2.28. The Morgan fingerprint density at radius 2 is 1.83 bits per heavy atom. The first kappa shape index (κ1) is 13.2. The molecule has 0 spiro atoms. The summed E-state index contributed by atoms with van der Waals surface area (Å²) >= 11 is 0. The first-order valence-electron chi connectivity index (χ1n) is 8.25. The van der Waals surface area contributed by atoms with Gasteiger partial charge in [-0.15, -0.1) is 5.10 Å². The number of nitrogens with zero attached hydrogens (tertiary/aromatic N) is 3. The number of fused-ring (bicyclic) bond motifs is 2. The maximum Gasteiger partial charge on any atom is 0.194 e. The first-order chi connectivity index (χ1) is 11.4. The van der Waals surface area contributed by atoms with E-state index in [0.717, 1.165) is 30.5 Å². The van der Waals surface area contributed by atoms with E-state index in [-0.39, 0.29) is 6.23 Å². The number of hydrogen-bond acceptors (Lipinski definition) is 3. The number of quaternary nitrogens is 1. The maximum absolute atomic E-state index is 6.09. The Bertz CT molecular complexity index is 831. The smallest absolute Gasteiger partial charge is 0.194 e. The van der Waals surface area contributed by atoms with Gasteiger partial charge in [0.2, 0.25) is 0 Å². The van der Waals surface area contributed by atoms with Gasteiger partial charge in [-0.05, 0) is 12.1 Å². The average Bonchev–Trinajstić information content (AvgIpc) is 3.30. The summed E-state index contributed by atoms with van der Waals surface area (Å²) in [6, 6.07) is 19.3. The fourth-order valence-electron chi connectivity index (χ4n) is 4.16. The van der Waals surface area contributed by atoms with Crippen LogP contribution >= 0.6 is 0 Å². The van der Waals surface area contributed by atoms with Crippen LogP contribution in [0.1, 0.15) is 30.6 Å². The van der Waals surface area contributed by atoms with E-state index >= 15 is 0 Å². The van der Waals surface area contributed by atoms with Crippen molar-refractivity contribution in [2.45, 2.75) is 31.3 Å². The molecule has 3 aromatic rings. The van der Waals surface area contributed by atoms with Gasteiger partial charge in [-0.2, -0.15) is 4.68 Å². The number of ether oxygens (including phenoxy) is 1. The van der Waals surface area contributed by atoms with Crippen LogP contribution in [0.5, 0.6) is 0 Å². The normalized spacial score (nSPS) is 29.9. The summed E-state index contributed by atoms with van der Waals surface area (Å²) in [4.78, 5) is 1.48. The lowest BCUT2D eigenvalue weighted by Crippen LogP contribution is -3.13. The number of para-hydroxylation sites is 1. The number of rotatable bonds is 2. The molecule has 2 fully saturated rings. The minimum absolute atomic E-state index is 0.271. The van der Waals surface area contributed by atoms with Gasteiger partial charge in [-0.1, -0.05) is 47.7 Å². The van der Waals surface area contributed by atoms with Crippen molar-refractivity contribution in [3.8, 4) is 0 Å². The Morgan fingerprint density at radius 3 is 2.74 bits per heavy atom. The Morgan fingerprint density at radius 1 is 1.00 bits per heavy atom. The van der Waals surface area contributed by atoms with Crippen molar-refractivity contribution in [3.63, 3.8) is 0 Å². The van der Waals surface area contributed by atoms with Crippen LogP contribution in [0, 0.1) is 0 Å². The van der Waals surface area contributed by atoms with Gasteiger partial charge in [0.15, 0.2) is 12.4 Å². The van der Waals surface area contributed by atoms with Crippen molar-refractivity contribution in [2.75, 3.05) is 6.61 Å². The highest BCUT2D eigenvalue weighted by Gasteiger charge is 2.50. The lowest BCUT2D eigenvalue weighted by molar-refractivity contribution is -0.976. The molecule has 0 radical (unpaired) electrons. The summed E-state index contributed by atoms with van der Waals surface area (Å²) < 4.78 is 8.19. The largest absolute Gasteiger partial charge is 0.323 e. The highest BCUT2D eigenvalue weighted by molar-refractivity contribution is 5.73. The Labute approximate surface area is 134 Å². The molecule has 2 saturated heterocycles. The lowest BCUT2D eigenvalue weighted by atomic mass is 10.1. The third kappa shape index (κ3) is 2.00. The summed E-state index contributed by atoms with van der Waals surface area (Å²) in [6.07, 6.45) is 2.72. The molecule has 2 aliphatic heterocycles. The molecule has 5 nitrogen and oxygen atoms in total. The predicted molar refractivity (Wildman–Crippen MR) is 85.7 cm³/mol. The Kier molecular flexibility index (Phi) is 2.96. The molecule has 0 aliphatic carbocycles. The molecule has 23 heavy (non-hydrogen) atoms. The van der Waals surface area contributed by atoms with E-state index in [1.165, 1.54) is 10.5 Å². The number of benzene rings is 2. The predicted octanol–water partition coefficient (Wildman–Crippen LogP) is 1.71. The first-order valence-corrected chi connectivity index (χ1v) is 8.25. The van der Waals surface area contributed by atoms with E-state index < -0.39 is 0 Å². The molecule has 116 valence electrons. The van der Waals surface area contributed by atoms with E-state index in [4.69, 9.17) is 4.74 Å². The molecule has 0 bridgehead atoms. The molecule has 1 N–H and O–H groups in total. The lowest BCUT2D eigenvalue weighted by Gasteiger charge is -2.26. The number of aromatic nitrogens is 3. The van der Waals surface area contributed by atoms with Crippen LogP contribution in [0.3, 0.4) is 0 Å². The average molecular weight is 307 g/mol. The third-order valence-corrected chi connectivity index (χ3v) is 5.20. The summed E-state index contributed by atoms with van der Waals surface area (Å²) in [5, 5.41) is 8.79. The van der Waals surface area contributed by atoms with Gasteiger partial charge < -0.3 is 4.74 Å². The van der Waals surface area contributed by atoms with E-state index in [1.807, 2.05) is 12.1 Å². The van der Waals surface area contributed by atoms with Crippen molar-refractivity contribution < 1.29 is 9.64 Å². The van der Waals surface area contributed by atoms with Crippen LogP contribution in [0.15, 0.2) is 54.6 Å². The van der Waals surface area contributed by atoms with Crippen LogP contribution in [-0.2, 0) is 4.74 Å². The molecule has 4 atom stereocenters. The SMILES string of the molecule is c1ccc([C@@H]2CO[C@H]3CC[C@@H](n4nnc5ccccc54)[NH+]32)cc1. The molecule has 3 heterocycles. The summed E-state index contributed by atoms with van der Waals surface area (Å²) in [6.45, 7) is 0.785. The van der Waals surface area contributed by atoms with Gasteiger partial charge in [-0.3, -0.25) is 4.90 Å². The standard InChI is InChI=1S/C18H18N4O/c1-2-6-13(7-3-1)16-12-23-18-11-10-17(21(16)18)22-15-9-5-4-8-14(15)19-20-22/h1-9,16-18H,10-12H2/p+1/t16-,17+,18-/m0/s1. The maximum atomic E-state index is 6.09. The molecule has 0 saturated carbocycles. The molecule has 5 heteroatoms. The summed E-state index contributed by atoms with van der Waals surface area (Å²) in [7, 11) is 0. The quantitative estimate of drug-likeness (QED) is 0.784. The third-order valence-electron chi connectivity index (χ3n) is 5.20. The zero-order valence-corrected chi connectivity index (χ0v) is 12.8. The highest BCUT2D eigenvalue weighted by atomic mass is 16.5. The van der Waals surface area contributed by atoms with E-state index in [0.29, 0.717) is 12.2 Å². The molecular weight excluding hydrogens is 288 g/mol. The van der Waals surface area contributed by atoms with Crippen LogP contribution in [0.4, 0.5) is 0 Å². The van der Waals surface area contributed by atoms with Crippen LogP contribution < -0.4 is 4.90 Å². The fraction of sp³-hybridized carbons (Fsp3) is 0.333. The van der Waals surface area contributed by atoms with Gasteiger partial charge in [0.25, 0.3) is 0 Å².